The van der Waals surface area contributed by atoms with Crippen molar-refractivity contribution < 1.29 is 13.9 Å². The summed E-state index contributed by atoms with van der Waals surface area (Å²) in [4.78, 5) is 17.1. The second-order valence-electron chi connectivity index (χ2n) is 5.79. The Labute approximate surface area is 139 Å². The molecule has 3 aromatic rings. The Kier molecular flexibility index (Phi) is 4.55. The monoisotopic (exact) mass is 325 g/mol. The number of esters is 1. The van der Waals surface area contributed by atoms with E-state index in [9.17, 15) is 4.79 Å². The summed E-state index contributed by atoms with van der Waals surface area (Å²) in [6.07, 6.45) is 0.647. The molecular formula is C18H19N3O3. The van der Waals surface area contributed by atoms with E-state index in [4.69, 9.17) is 9.15 Å². The smallest absolute Gasteiger partial charge is 0.339 e. The third kappa shape index (κ3) is 3.27. The number of hydrogen-bond acceptors (Lipinski definition) is 6. The molecule has 2 heterocycles. The lowest BCUT2D eigenvalue weighted by molar-refractivity contribution is 0.0438. The number of benzene rings is 1. The molecule has 1 aromatic carbocycles. The number of carbonyl (C=O) groups is 1. The topological polar surface area (TPSA) is 78.1 Å². The molecule has 124 valence electrons. The van der Waals surface area contributed by atoms with E-state index < -0.39 is 5.97 Å². The summed E-state index contributed by atoms with van der Waals surface area (Å²) in [5, 5.41) is 8.48. The minimum atomic E-state index is -0.424. The molecule has 0 aliphatic heterocycles. The molecule has 0 aliphatic carbocycles. The van der Waals surface area contributed by atoms with Gasteiger partial charge in [0.2, 0.25) is 5.89 Å². The molecule has 24 heavy (non-hydrogen) atoms. The molecule has 3 rings (SSSR count). The van der Waals surface area contributed by atoms with Crippen molar-refractivity contribution in [1.29, 1.82) is 0 Å². The van der Waals surface area contributed by atoms with E-state index in [-0.39, 0.29) is 12.5 Å². The van der Waals surface area contributed by atoms with Crippen LogP contribution in [-0.2, 0) is 17.8 Å². The predicted molar refractivity (Wildman–Crippen MR) is 88.6 cm³/mol. The Bertz CT molecular complexity index is 871. The lowest BCUT2D eigenvalue weighted by Crippen LogP contribution is -2.08. The first-order valence-corrected chi connectivity index (χ1v) is 7.96. The average molecular weight is 325 g/mol. The van der Waals surface area contributed by atoms with E-state index >= 15 is 0 Å². The fraction of sp³-hybridized carbons (Fsp3) is 0.333. The van der Waals surface area contributed by atoms with Crippen molar-refractivity contribution in [2.45, 2.75) is 39.7 Å². The van der Waals surface area contributed by atoms with Crippen molar-refractivity contribution in [3.63, 3.8) is 0 Å². The number of rotatable bonds is 5. The first-order chi connectivity index (χ1) is 11.6. The molecule has 0 fully saturated rings. The molecule has 0 saturated carbocycles. The summed E-state index contributed by atoms with van der Waals surface area (Å²) >= 11 is 0. The Morgan fingerprint density at radius 2 is 1.96 bits per heavy atom. The minimum absolute atomic E-state index is 0.0422. The summed E-state index contributed by atoms with van der Waals surface area (Å²) in [6.45, 7) is 5.95. The molecular weight excluding hydrogens is 306 g/mol. The highest BCUT2D eigenvalue weighted by atomic mass is 16.5. The molecule has 0 aliphatic rings. The van der Waals surface area contributed by atoms with Gasteiger partial charge >= 0.3 is 5.97 Å². The van der Waals surface area contributed by atoms with Crippen molar-refractivity contribution in [3.05, 3.63) is 53.4 Å². The molecule has 0 radical (unpaired) electrons. The number of ether oxygens (including phenoxy) is 1. The number of aromatic nitrogens is 3. The van der Waals surface area contributed by atoms with E-state index in [1.54, 1.807) is 6.07 Å². The van der Waals surface area contributed by atoms with Crippen LogP contribution in [0.3, 0.4) is 0 Å². The molecule has 0 spiro atoms. The molecule has 0 bridgehead atoms. The highest BCUT2D eigenvalue weighted by Crippen LogP contribution is 2.23. The number of aryl methyl sites for hydroxylation is 1. The van der Waals surface area contributed by atoms with Gasteiger partial charge in [-0.15, -0.1) is 10.2 Å². The SMILES string of the molecule is CCc1nnc(COC(=O)c2cc(C(C)C)nc3ccccc23)o1. The van der Waals surface area contributed by atoms with Crippen LogP contribution in [0, 0.1) is 0 Å². The summed E-state index contributed by atoms with van der Waals surface area (Å²) in [5.41, 5.74) is 2.13. The van der Waals surface area contributed by atoms with Crippen molar-refractivity contribution in [3.8, 4) is 0 Å². The van der Waals surface area contributed by atoms with Crippen LogP contribution >= 0.6 is 0 Å². The second-order valence-corrected chi connectivity index (χ2v) is 5.79. The van der Waals surface area contributed by atoms with Crippen LogP contribution in [0.1, 0.15) is 54.5 Å². The van der Waals surface area contributed by atoms with Crippen molar-refractivity contribution >= 4 is 16.9 Å². The van der Waals surface area contributed by atoms with E-state index in [2.05, 4.69) is 15.2 Å². The first-order valence-electron chi connectivity index (χ1n) is 7.96. The number of nitrogens with zero attached hydrogens (tertiary/aromatic N) is 3. The Hall–Kier alpha value is -2.76. The number of fused-ring (bicyclic) bond motifs is 1. The average Bonchev–Trinajstić information content (AvgIpc) is 3.06. The lowest BCUT2D eigenvalue weighted by atomic mass is 10.0. The highest BCUT2D eigenvalue weighted by Gasteiger charge is 2.17. The van der Waals surface area contributed by atoms with E-state index in [0.29, 0.717) is 23.8 Å². The Balaban J connectivity index is 1.88. The van der Waals surface area contributed by atoms with Gasteiger partial charge in [-0.2, -0.15) is 0 Å². The molecule has 0 unspecified atom stereocenters. The predicted octanol–water partition coefficient (Wildman–Crippen LogP) is 3.66. The maximum Gasteiger partial charge on any atom is 0.339 e. The maximum absolute atomic E-state index is 12.5. The number of pyridine rings is 1. The second kappa shape index (κ2) is 6.78. The van der Waals surface area contributed by atoms with Gasteiger partial charge in [-0.25, -0.2) is 4.79 Å². The van der Waals surface area contributed by atoms with Crippen LogP contribution < -0.4 is 0 Å². The van der Waals surface area contributed by atoms with E-state index in [1.165, 1.54) is 0 Å². The fourth-order valence-corrected chi connectivity index (χ4v) is 2.36. The van der Waals surface area contributed by atoms with Crippen LogP contribution in [0.2, 0.25) is 0 Å². The van der Waals surface area contributed by atoms with Crippen LogP contribution in [0.4, 0.5) is 0 Å². The van der Waals surface area contributed by atoms with Crippen molar-refractivity contribution in [2.24, 2.45) is 0 Å². The zero-order valence-electron chi connectivity index (χ0n) is 13.9. The molecule has 0 N–H and O–H groups in total. The van der Waals surface area contributed by atoms with Gasteiger partial charge in [0.25, 0.3) is 5.89 Å². The maximum atomic E-state index is 12.5. The van der Waals surface area contributed by atoms with Gasteiger partial charge in [0.05, 0.1) is 11.1 Å². The number of carbonyl (C=O) groups excluding carboxylic acids is 1. The standard InChI is InChI=1S/C18H19N3O3/c1-4-16-20-21-17(24-16)10-23-18(22)13-9-15(11(2)3)19-14-8-6-5-7-12(13)14/h5-9,11H,4,10H2,1-3H3. The molecule has 0 atom stereocenters. The molecule has 0 amide bonds. The minimum Gasteiger partial charge on any atom is -0.452 e. The van der Waals surface area contributed by atoms with Gasteiger partial charge in [0.15, 0.2) is 6.61 Å². The van der Waals surface area contributed by atoms with Crippen LogP contribution in [0.5, 0.6) is 0 Å². The zero-order chi connectivity index (χ0) is 17.1. The molecule has 2 aromatic heterocycles. The van der Waals surface area contributed by atoms with Crippen molar-refractivity contribution in [1.82, 2.24) is 15.2 Å². The Morgan fingerprint density at radius 1 is 1.21 bits per heavy atom. The zero-order valence-corrected chi connectivity index (χ0v) is 13.9. The summed E-state index contributed by atoms with van der Waals surface area (Å²) in [7, 11) is 0. The van der Waals surface area contributed by atoms with Crippen molar-refractivity contribution in [2.75, 3.05) is 0 Å². The quantitative estimate of drug-likeness (QED) is 0.666. The Morgan fingerprint density at radius 3 is 2.67 bits per heavy atom. The van der Waals surface area contributed by atoms with Gasteiger partial charge in [-0.1, -0.05) is 39.0 Å². The molecule has 6 nitrogen and oxygen atoms in total. The summed E-state index contributed by atoms with van der Waals surface area (Å²) < 4.78 is 10.7. The van der Waals surface area contributed by atoms with E-state index in [0.717, 1.165) is 16.6 Å². The summed E-state index contributed by atoms with van der Waals surface area (Å²) in [6, 6.07) is 9.33. The molecule has 6 heteroatoms. The van der Waals surface area contributed by atoms with Crippen LogP contribution in [0.25, 0.3) is 10.9 Å². The summed E-state index contributed by atoms with van der Waals surface area (Å²) in [5.74, 6) is 0.608. The lowest BCUT2D eigenvalue weighted by Gasteiger charge is -2.11. The fourth-order valence-electron chi connectivity index (χ4n) is 2.36. The van der Waals surface area contributed by atoms with Gasteiger partial charge < -0.3 is 9.15 Å². The third-order valence-electron chi connectivity index (χ3n) is 3.69. The first kappa shape index (κ1) is 16.1. The number of para-hydroxylation sites is 1. The van der Waals surface area contributed by atoms with Gasteiger partial charge in [-0.3, -0.25) is 4.98 Å². The number of hydrogen-bond donors (Lipinski definition) is 0. The van der Waals surface area contributed by atoms with Gasteiger partial charge in [0, 0.05) is 17.5 Å². The van der Waals surface area contributed by atoms with Gasteiger partial charge in [-0.05, 0) is 18.1 Å². The van der Waals surface area contributed by atoms with Crippen LogP contribution in [-0.4, -0.2) is 21.2 Å². The largest absolute Gasteiger partial charge is 0.452 e. The normalized spacial score (nSPS) is 11.2. The third-order valence-corrected chi connectivity index (χ3v) is 3.69. The van der Waals surface area contributed by atoms with E-state index in [1.807, 2.05) is 45.0 Å². The van der Waals surface area contributed by atoms with Crippen LogP contribution in [0.15, 0.2) is 34.7 Å². The molecule has 0 saturated heterocycles. The highest BCUT2D eigenvalue weighted by molar-refractivity contribution is 6.03. The van der Waals surface area contributed by atoms with Gasteiger partial charge in [0.1, 0.15) is 0 Å².